The predicted molar refractivity (Wildman–Crippen MR) is 239 cm³/mol. The van der Waals surface area contributed by atoms with Gasteiger partial charge in [-0.2, -0.15) is 0 Å². The smallest absolute Gasteiger partial charge is 0.328 e. The van der Waals surface area contributed by atoms with Crippen molar-refractivity contribution in [3.8, 4) is 22.4 Å². The number of aromatic nitrogens is 1. The van der Waals surface area contributed by atoms with Crippen LogP contribution in [0.3, 0.4) is 0 Å². The van der Waals surface area contributed by atoms with Crippen LogP contribution < -0.4 is 15.2 Å². The molecule has 4 heteroatoms. The van der Waals surface area contributed by atoms with Gasteiger partial charge in [0.25, 0.3) is 0 Å². The number of aryl methyl sites for hydroxylation is 1. The van der Waals surface area contributed by atoms with Gasteiger partial charge in [0, 0.05) is 39.0 Å². The van der Waals surface area contributed by atoms with Gasteiger partial charge in [-0.05, 0) is 135 Å². The Kier molecular flexibility index (Phi) is 6.82. The summed E-state index contributed by atoms with van der Waals surface area (Å²) in [5.74, 6) is 0.380. The number of nitrogens with one attached hydrogen (secondary N) is 1. The third kappa shape index (κ3) is 4.42. The molecule has 2 bridgehead atoms. The Labute approximate surface area is 333 Å². The lowest BCUT2D eigenvalue weighted by Gasteiger charge is -2.48. The molecule has 0 spiro atoms. The molecule has 5 aliphatic rings. The highest BCUT2D eigenvalue weighted by Crippen LogP contribution is 2.56. The summed E-state index contributed by atoms with van der Waals surface area (Å²) in [4.78, 5) is 9.30. The van der Waals surface area contributed by atoms with E-state index in [1.54, 1.807) is 0 Å². The number of allylic oxidation sites excluding steroid dienone is 3. The SMILES string of the molecule is Cc1cc2c(cc1N1C3=CC(C)CC4=C3B(c3c1ccc1c3C(C)(C)c3ccccc3-1)N(C)c1c([nH]c3ccccc13)-c1cccc4c1)C(C)(C)CCC2(C)C. The molecule has 1 unspecified atom stereocenters. The van der Waals surface area contributed by atoms with Crippen LogP contribution in [0.2, 0.25) is 0 Å². The monoisotopic (exact) mass is 729 g/mol. The second kappa shape index (κ2) is 11.2. The summed E-state index contributed by atoms with van der Waals surface area (Å²) < 4.78 is 0. The van der Waals surface area contributed by atoms with Gasteiger partial charge < -0.3 is 14.7 Å². The summed E-state index contributed by atoms with van der Waals surface area (Å²) in [6, 6.07) is 37.6. The first-order valence-electron chi connectivity index (χ1n) is 20.9. The molecule has 11 rings (SSSR count). The molecule has 278 valence electrons. The van der Waals surface area contributed by atoms with Crippen molar-refractivity contribution in [1.29, 1.82) is 0 Å². The van der Waals surface area contributed by atoms with Gasteiger partial charge in [0.15, 0.2) is 0 Å². The molecule has 56 heavy (non-hydrogen) atoms. The van der Waals surface area contributed by atoms with Crippen LogP contribution in [0, 0.1) is 12.8 Å². The number of nitrogens with zero attached hydrogens (tertiary/aromatic N) is 2. The number of aromatic amines is 1. The first-order chi connectivity index (χ1) is 26.8. The molecule has 0 saturated carbocycles. The number of hydrogen-bond acceptors (Lipinski definition) is 2. The fourth-order valence-electron chi connectivity index (χ4n) is 11.7. The van der Waals surface area contributed by atoms with Crippen LogP contribution in [0.25, 0.3) is 38.9 Å². The van der Waals surface area contributed by atoms with E-state index in [-0.39, 0.29) is 23.1 Å². The van der Waals surface area contributed by atoms with Crippen molar-refractivity contribution in [3.63, 3.8) is 0 Å². The summed E-state index contributed by atoms with van der Waals surface area (Å²) in [6.45, 7) is 19.5. The topological polar surface area (TPSA) is 22.3 Å². The van der Waals surface area contributed by atoms with Gasteiger partial charge in [0.2, 0.25) is 0 Å². The van der Waals surface area contributed by atoms with Crippen LogP contribution in [0.4, 0.5) is 17.1 Å². The van der Waals surface area contributed by atoms with Crippen molar-refractivity contribution in [2.75, 3.05) is 16.8 Å². The van der Waals surface area contributed by atoms with Crippen LogP contribution in [0.15, 0.2) is 114 Å². The Bertz CT molecular complexity index is 2770. The Hall–Kier alpha value is -5.22. The first-order valence-corrected chi connectivity index (χ1v) is 20.9. The van der Waals surface area contributed by atoms with E-state index < -0.39 is 0 Å². The van der Waals surface area contributed by atoms with E-state index in [1.807, 2.05) is 0 Å². The largest absolute Gasteiger partial charge is 0.407 e. The van der Waals surface area contributed by atoms with Crippen LogP contribution >= 0.6 is 0 Å². The predicted octanol–water partition coefficient (Wildman–Crippen LogP) is 12.5. The van der Waals surface area contributed by atoms with E-state index in [2.05, 4.69) is 180 Å². The maximum absolute atomic E-state index is 3.92. The molecule has 3 heterocycles. The van der Waals surface area contributed by atoms with E-state index in [9.17, 15) is 0 Å². The quantitative estimate of drug-likeness (QED) is 0.170. The third-order valence-electron chi connectivity index (χ3n) is 14.7. The maximum atomic E-state index is 3.92. The van der Waals surface area contributed by atoms with Gasteiger partial charge in [-0.1, -0.05) is 127 Å². The van der Waals surface area contributed by atoms with Gasteiger partial charge in [-0.25, -0.2) is 0 Å². The Balaban J connectivity index is 1.30. The van der Waals surface area contributed by atoms with Crippen LogP contribution in [-0.2, 0) is 16.2 Å². The molecule has 3 nitrogen and oxygen atoms in total. The third-order valence-corrected chi connectivity index (χ3v) is 14.7. The van der Waals surface area contributed by atoms with Crippen LogP contribution in [-0.4, -0.2) is 18.9 Å². The highest BCUT2D eigenvalue weighted by atomic mass is 15.2. The minimum absolute atomic E-state index is 0.0148. The summed E-state index contributed by atoms with van der Waals surface area (Å²) in [5.41, 5.74) is 24.6. The second-order valence-corrected chi connectivity index (χ2v) is 19.5. The van der Waals surface area contributed by atoms with Crippen molar-refractivity contribution in [1.82, 2.24) is 4.98 Å². The zero-order valence-electron chi connectivity index (χ0n) is 34.5. The van der Waals surface area contributed by atoms with Crippen molar-refractivity contribution >= 4 is 45.8 Å². The number of anilines is 3. The maximum Gasteiger partial charge on any atom is 0.328 e. The zero-order valence-corrected chi connectivity index (χ0v) is 34.5. The number of benzene rings is 5. The summed E-state index contributed by atoms with van der Waals surface area (Å²) >= 11 is 0. The van der Waals surface area contributed by atoms with Crippen LogP contribution in [0.5, 0.6) is 0 Å². The average molecular weight is 730 g/mol. The van der Waals surface area contributed by atoms with Gasteiger partial charge in [0.1, 0.15) is 0 Å². The molecule has 1 N–H and O–H groups in total. The van der Waals surface area contributed by atoms with E-state index in [1.165, 1.54) is 119 Å². The summed E-state index contributed by atoms with van der Waals surface area (Å²) in [7, 11) is 2.38. The number of rotatable bonds is 1. The molecule has 1 atom stereocenters. The minimum atomic E-state index is -0.191. The van der Waals surface area contributed by atoms with Crippen molar-refractivity contribution in [3.05, 3.63) is 148 Å². The van der Waals surface area contributed by atoms with Crippen molar-refractivity contribution in [2.45, 2.75) is 90.9 Å². The van der Waals surface area contributed by atoms with Crippen LogP contribution in [0.1, 0.15) is 101 Å². The number of hydrogen-bond donors (Lipinski definition) is 1. The van der Waals surface area contributed by atoms with Gasteiger partial charge in [0.05, 0.1) is 11.4 Å². The molecule has 3 aliphatic carbocycles. The second-order valence-electron chi connectivity index (χ2n) is 19.5. The zero-order chi connectivity index (χ0) is 38.6. The number of fused-ring (bicyclic) bond motifs is 14. The molecule has 0 fully saturated rings. The van der Waals surface area contributed by atoms with Gasteiger partial charge in [-0.3, -0.25) is 0 Å². The highest BCUT2D eigenvalue weighted by molar-refractivity contribution is 6.87. The lowest BCUT2D eigenvalue weighted by molar-refractivity contribution is 0.332. The van der Waals surface area contributed by atoms with Gasteiger partial charge in [-0.15, -0.1) is 0 Å². The number of H-pyrrole nitrogens is 1. The average Bonchev–Trinajstić information content (AvgIpc) is 3.68. The molecular formula is C52H52BN3. The minimum Gasteiger partial charge on any atom is -0.407 e. The molecule has 1 aromatic heterocycles. The fourth-order valence-corrected chi connectivity index (χ4v) is 11.7. The molecule has 0 radical (unpaired) electrons. The van der Waals surface area contributed by atoms with Crippen molar-refractivity contribution < 1.29 is 0 Å². The molecule has 0 saturated heterocycles. The molecular weight excluding hydrogens is 677 g/mol. The Morgan fingerprint density at radius 2 is 1.43 bits per heavy atom. The van der Waals surface area contributed by atoms with Gasteiger partial charge >= 0.3 is 6.85 Å². The lowest BCUT2D eigenvalue weighted by Crippen LogP contribution is -2.57. The standard InChI is InChI=1S/C52H52BN3/c1-30-25-37-32-15-14-16-33(28-32)48-49(36-18-11-13-20-41(36)54-48)55(9)53-46(37)44(26-30)56(43-29-40-39(27-31(43)2)50(3,4)23-24-51(40,5)6)42-22-21-35-34-17-10-12-19-38(34)52(7,8)45(35)47(42)53/h10-22,26-30,54H,23-25H2,1-9H3. The molecule has 6 aromatic rings. The highest BCUT2D eigenvalue weighted by Gasteiger charge is 2.50. The van der Waals surface area contributed by atoms with E-state index in [4.69, 9.17) is 0 Å². The normalized spacial score (nSPS) is 20.6. The van der Waals surface area contributed by atoms with Crippen molar-refractivity contribution in [2.24, 2.45) is 5.92 Å². The van der Waals surface area contributed by atoms with E-state index in [0.717, 1.165) is 6.42 Å². The fraction of sp³-hybridized carbons (Fsp3) is 0.308. The summed E-state index contributed by atoms with van der Waals surface area (Å²) in [5, 5.41) is 1.27. The lowest BCUT2D eigenvalue weighted by atomic mass is 9.41. The van der Waals surface area contributed by atoms with E-state index in [0.29, 0.717) is 5.92 Å². The van der Waals surface area contributed by atoms with E-state index >= 15 is 0 Å². The molecule has 0 amide bonds. The first kappa shape index (κ1) is 34.1. The summed E-state index contributed by atoms with van der Waals surface area (Å²) in [6.07, 6.45) is 6.02. The Morgan fingerprint density at radius 1 is 0.714 bits per heavy atom. The molecule has 2 aliphatic heterocycles. The number of para-hydroxylation sites is 1. The molecule has 5 aromatic carbocycles. The Morgan fingerprint density at radius 3 is 2.23 bits per heavy atom.